The van der Waals surface area contributed by atoms with Crippen molar-refractivity contribution in [1.29, 1.82) is 0 Å². The highest BCUT2D eigenvalue weighted by Gasteiger charge is 2.05. The molecule has 16 heavy (non-hydrogen) atoms. The van der Waals surface area contributed by atoms with Gasteiger partial charge in [-0.25, -0.2) is 4.39 Å². The van der Waals surface area contributed by atoms with Crippen LogP contribution in [0, 0.1) is 19.7 Å². The number of phenols is 1. The number of phenolic OH excluding ortho intramolecular Hbond substituents is 1. The summed E-state index contributed by atoms with van der Waals surface area (Å²) in [6.45, 7) is 3.83. The Labute approximate surface area is 94.2 Å². The second kappa shape index (κ2) is 3.97. The molecule has 0 amide bonds. The molecule has 0 heterocycles. The van der Waals surface area contributed by atoms with Gasteiger partial charge in [0.1, 0.15) is 11.6 Å². The fourth-order valence-corrected chi connectivity index (χ4v) is 1.82. The zero-order chi connectivity index (χ0) is 11.7. The number of aryl methyl sites for hydroxylation is 2. The van der Waals surface area contributed by atoms with Gasteiger partial charge in [-0.2, -0.15) is 0 Å². The molecular weight excluding hydrogens is 203 g/mol. The molecule has 0 saturated carbocycles. The molecule has 0 bridgehead atoms. The lowest BCUT2D eigenvalue weighted by Gasteiger charge is -2.08. The first kappa shape index (κ1) is 10.7. The largest absolute Gasteiger partial charge is 0.508 e. The van der Waals surface area contributed by atoms with E-state index in [0.29, 0.717) is 0 Å². The molecule has 0 aliphatic carbocycles. The molecule has 2 rings (SSSR count). The van der Waals surface area contributed by atoms with Crippen LogP contribution in [0.3, 0.4) is 0 Å². The molecule has 0 radical (unpaired) electrons. The van der Waals surface area contributed by atoms with Crippen molar-refractivity contribution in [3.05, 3.63) is 53.3 Å². The predicted octanol–water partition coefficient (Wildman–Crippen LogP) is 3.82. The van der Waals surface area contributed by atoms with Crippen LogP contribution in [0.5, 0.6) is 5.75 Å². The molecule has 0 aliphatic heterocycles. The van der Waals surface area contributed by atoms with Gasteiger partial charge in [0.2, 0.25) is 0 Å². The van der Waals surface area contributed by atoms with E-state index in [9.17, 15) is 9.50 Å². The zero-order valence-electron chi connectivity index (χ0n) is 9.29. The van der Waals surface area contributed by atoms with Crippen molar-refractivity contribution in [2.24, 2.45) is 0 Å². The van der Waals surface area contributed by atoms with E-state index in [0.717, 1.165) is 22.3 Å². The standard InChI is InChI=1S/C14H13FO/c1-9-5-11(7-13(16)6-9)14-8-12(15)4-3-10(14)2/h3-8,16H,1-2H3. The SMILES string of the molecule is Cc1cc(O)cc(-c2cc(F)ccc2C)c1. The van der Waals surface area contributed by atoms with Gasteiger partial charge >= 0.3 is 0 Å². The van der Waals surface area contributed by atoms with E-state index in [2.05, 4.69) is 0 Å². The van der Waals surface area contributed by atoms with Gasteiger partial charge in [0.05, 0.1) is 0 Å². The summed E-state index contributed by atoms with van der Waals surface area (Å²) >= 11 is 0. The first-order valence-electron chi connectivity index (χ1n) is 5.13. The molecule has 1 nitrogen and oxygen atoms in total. The Hall–Kier alpha value is -1.83. The van der Waals surface area contributed by atoms with Gasteiger partial charge in [0.25, 0.3) is 0 Å². The minimum Gasteiger partial charge on any atom is -0.508 e. The quantitative estimate of drug-likeness (QED) is 0.768. The van der Waals surface area contributed by atoms with Gasteiger partial charge in [-0.05, 0) is 60.4 Å². The number of halogens is 1. The van der Waals surface area contributed by atoms with Crippen molar-refractivity contribution in [3.8, 4) is 16.9 Å². The van der Waals surface area contributed by atoms with Crippen LogP contribution >= 0.6 is 0 Å². The summed E-state index contributed by atoms with van der Waals surface area (Å²) in [6.07, 6.45) is 0. The second-order valence-corrected chi connectivity index (χ2v) is 4.02. The summed E-state index contributed by atoms with van der Waals surface area (Å²) < 4.78 is 13.2. The van der Waals surface area contributed by atoms with E-state index in [1.807, 2.05) is 19.9 Å². The van der Waals surface area contributed by atoms with Crippen LogP contribution in [-0.2, 0) is 0 Å². The Balaban J connectivity index is 2.62. The molecule has 2 aromatic carbocycles. The van der Waals surface area contributed by atoms with Gasteiger partial charge in [-0.15, -0.1) is 0 Å². The van der Waals surface area contributed by atoms with Crippen LogP contribution in [0.4, 0.5) is 4.39 Å². The van der Waals surface area contributed by atoms with Crippen molar-refractivity contribution in [1.82, 2.24) is 0 Å². The van der Waals surface area contributed by atoms with E-state index in [-0.39, 0.29) is 11.6 Å². The maximum atomic E-state index is 13.2. The van der Waals surface area contributed by atoms with Crippen LogP contribution in [0.15, 0.2) is 36.4 Å². The maximum Gasteiger partial charge on any atom is 0.123 e. The Morgan fingerprint density at radius 1 is 1.00 bits per heavy atom. The fraction of sp³-hybridized carbons (Fsp3) is 0.143. The van der Waals surface area contributed by atoms with E-state index in [1.54, 1.807) is 18.2 Å². The van der Waals surface area contributed by atoms with Crippen LogP contribution in [0.1, 0.15) is 11.1 Å². The van der Waals surface area contributed by atoms with Crippen molar-refractivity contribution in [3.63, 3.8) is 0 Å². The van der Waals surface area contributed by atoms with E-state index >= 15 is 0 Å². The van der Waals surface area contributed by atoms with Crippen molar-refractivity contribution >= 4 is 0 Å². The average molecular weight is 216 g/mol. The Morgan fingerprint density at radius 3 is 2.44 bits per heavy atom. The molecule has 2 heteroatoms. The molecule has 0 aromatic heterocycles. The lowest BCUT2D eigenvalue weighted by molar-refractivity contribution is 0.475. The number of aromatic hydroxyl groups is 1. The summed E-state index contributed by atoms with van der Waals surface area (Å²) in [5.74, 6) is -0.0553. The Bertz CT molecular complexity index is 512. The number of hydrogen-bond acceptors (Lipinski definition) is 1. The first-order chi connectivity index (χ1) is 7.56. The van der Waals surface area contributed by atoms with Crippen LogP contribution in [0.2, 0.25) is 0 Å². The Kier molecular flexibility index (Phi) is 2.65. The molecule has 0 unspecified atom stereocenters. The van der Waals surface area contributed by atoms with Gasteiger partial charge in [0, 0.05) is 0 Å². The highest BCUT2D eigenvalue weighted by Crippen LogP contribution is 2.28. The molecule has 2 aromatic rings. The zero-order valence-corrected chi connectivity index (χ0v) is 9.29. The molecular formula is C14H13FO. The summed E-state index contributed by atoms with van der Waals surface area (Å²) in [5, 5.41) is 9.52. The Morgan fingerprint density at radius 2 is 1.75 bits per heavy atom. The molecule has 0 saturated heterocycles. The number of benzene rings is 2. The molecule has 0 atom stereocenters. The van der Waals surface area contributed by atoms with Gasteiger partial charge in [0.15, 0.2) is 0 Å². The average Bonchev–Trinajstić information content (AvgIpc) is 2.20. The third kappa shape index (κ3) is 2.06. The molecule has 0 fully saturated rings. The second-order valence-electron chi connectivity index (χ2n) is 4.02. The van der Waals surface area contributed by atoms with E-state index in [1.165, 1.54) is 12.1 Å². The van der Waals surface area contributed by atoms with E-state index in [4.69, 9.17) is 0 Å². The topological polar surface area (TPSA) is 20.2 Å². The first-order valence-corrected chi connectivity index (χ1v) is 5.13. The highest BCUT2D eigenvalue weighted by molar-refractivity contribution is 5.69. The molecule has 1 N–H and O–H groups in total. The minimum absolute atomic E-state index is 0.207. The number of rotatable bonds is 1. The molecule has 0 spiro atoms. The van der Waals surface area contributed by atoms with Crippen molar-refractivity contribution < 1.29 is 9.50 Å². The predicted molar refractivity (Wildman–Crippen MR) is 63.0 cm³/mol. The van der Waals surface area contributed by atoms with Gasteiger partial charge in [-0.1, -0.05) is 12.1 Å². The van der Waals surface area contributed by atoms with Crippen molar-refractivity contribution in [2.75, 3.05) is 0 Å². The van der Waals surface area contributed by atoms with Crippen LogP contribution < -0.4 is 0 Å². The highest BCUT2D eigenvalue weighted by atomic mass is 19.1. The van der Waals surface area contributed by atoms with E-state index < -0.39 is 0 Å². The lowest BCUT2D eigenvalue weighted by Crippen LogP contribution is -1.86. The summed E-state index contributed by atoms with van der Waals surface area (Å²) in [7, 11) is 0. The summed E-state index contributed by atoms with van der Waals surface area (Å²) in [4.78, 5) is 0. The lowest BCUT2D eigenvalue weighted by atomic mass is 9.99. The number of hydrogen-bond donors (Lipinski definition) is 1. The third-order valence-electron chi connectivity index (χ3n) is 2.57. The molecule has 82 valence electrons. The molecule has 0 aliphatic rings. The maximum absolute atomic E-state index is 13.2. The smallest absolute Gasteiger partial charge is 0.123 e. The summed E-state index contributed by atoms with van der Waals surface area (Å²) in [6, 6.07) is 9.93. The van der Waals surface area contributed by atoms with Crippen LogP contribution in [0.25, 0.3) is 11.1 Å². The summed E-state index contributed by atoms with van der Waals surface area (Å²) in [5.41, 5.74) is 3.61. The monoisotopic (exact) mass is 216 g/mol. The van der Waals surface area contributed by atoms with Gasteiger partial charge < -0.3 is 5.11 Å². The third-order valence-corrected chi connectivity index (χ3v) is 2.57. The van der Waals surface area contributed by atoms with Crippen LogP contribution in [-0.4, -0.2) is 5.11 Å². The normalized spacial score (nSPS) is 10.4. The van der Waals surface area contributed by atoms with Crippen molar-refractivity contribution in [2.45, 2.75) is 13.8 Å². The van der Waals surface area contributed by atoms with Gasteiger partial charge in [-0.3, -0.25) is 0 Å². The minimum atomic E-state index is -0.262. The fourth-order valence-electron chi connectivity index (χ4n) is 1.82.